The highest BCUT2D eigenvalue weighted by atomic mass is 32.2. The number of benzene rings is 1. The van der Waals surface area contributed by atoms with E-state index in [1.54, 1.807) is 0 Å². The molecule has 0 aromatic heterocycles. The molecule has 0 spiro atoms. The molecule has 0 saturated carbocycles. The van der Waals surface area contributed by atoms with Crippen molar-refractivity contribution >= 4 is 11.8 Å². The van der Waals surface area contributed by atoms with Crippen LogP contribution in [0.2, 0.25) is 0 Å². The van der Waals surface area contributed by atoms with Gasteiger partial charge in [0.05, 0.1) is 6.04 Å². The van der Waals surface area contributed by atoms with Crippen molar-refractivity contribution in [2.45, 2.75) is 38.4 Å². The van der Waals surface area contributed by atoms with Crippen LogP contribution in [0.25, 0.3) is 0 Å². The van der Waals surface area contributed by atoms with Gasteiger partial charge in [0.25, 0.3) is 0 Å². The first-order valence-corrected chi connectivity index (χ1v) is 9.56. The van der Waals surface area contributed by atoms with Gasteiger partial charge in [-0.3, -0.25) is 0 Å². The minimum Gasteiger partial charge on any atom is -0.367 e. The van der Waals surface area contributed by atoms with E-state index in [0.717, 1.165) is 27.3 Å². The van der Waals surface area contributed by atoms with Crippen molar-refractivity contribution in [3.8, 4) is 0 Å². The van der Waals surface area contributed by atoms with Crippen LogP contribution in [0.1, 0.15) is 36.4 Å². The summed E-state index contributed by atoms with van der Waals surface area (Å²) in [5.74, 6) is -0.316. The van der Waals surface area contributed by atoms with Gasteiger partial charge < -0.3 is 4.90 Å². The zero-order valence-electron chi connectivity index (χ0n) is 15.2. The Kier molecular flexibility index (Phi) is 6.61. The molecule has 1 atom stereocenters. The largest absolute Gasteiger partial charge is 0.389 e. The molecule has 6 heteroatoms. The maximum atomic E-state index is 13.8. The average Bonchev–Trinajstić information content (AvgIpc) is 2.53. The normalized spacial score (nSPS) is 17.8. The fourth-order valence-electron chi connectivity index (χ4n) is 3.17. The summed E-state index contributed by atoms with van der Waals surface area (Å²) < 4.78 is 51.5. The van der Waals surface area contributed by atoms with Crippen LogP contribution in [0.3, 0.4) is 0 Å². The van der Waals surface area contributed by atoms with Gasteiger partial charge in [0.1, 0.15) is 5.82 Å². The SMILES string of the molecule is C=C(SC)C1=C(CCCC(F)(F)F)N(C)C(c2cc(C)cc(F)c2)C=C1. The molecule has 0 saturated heterocycles. The van der Waals surface area contributed by atoms with Crippen LogP contribution in [0.4, 0.5) is 17.6 Å². The van der Waals surface area contributed by atoms with Gasteiger partial charge in [-0.1, -0.05) is 24.8 Å². The Morgan fingerprint density at radius 2 is 1.96 bits per heavy atom. The Morgan fingerprint density at radius 3 is 2.54 bits per heavy atom. The quantitative estimate of drug-likeness (QED) is 0.512. The molecule has 0 fully saturated rings. The molecule has 2 rings (SSSR count). The van der Waals surface area contributed by atoms with Crippen LogP contribution < -0.4 is 0 Å². The predicted molar refractivity (Wildman–Crippen MR) is 100 cm³/mol. The minimum atomic E-state index is -4.17. The number of hydrogen-bond acceptors (Lipinski definition) is 2. The van der Waals surface area contributed by atoms with Gasteiger partial charge in [-0.05, 0) is 49.3 Å². The summed E-state index contributed by atoms with van der Waals surface area (Å²) in [6.45, 7) is 5.83. The summed E-state index contributed by atoms with van der Waals surface area (Å²) in [5.41, 5.74) is 3.25. The number of allylic oxidation sites excluding steroid dienone is 3. The van der Waals surface area contributed by atoms with Crippen LogP contribution in [0.15, 0.2) is 53.1 Å². The van der Waals surface area contributed by atoms with E-state index in [-0.39, 0.29) is 18.3 Å². The molecule has 1 heterocycles. The van der Waals surface area contributed by atoms with Crippen LogP contribution in [0, 0.1) is 12.7 Å². The van der Waals surface area contributed by atoms with Gasteiger partial charge >= 0.3 is 6.18 Å². The van der Waals surface area contributed by atoms with Gasteiger partial charge in [0.2, 0.25) is 0 Å². The van der Waals surface area contributed by atoms with Gasteiger partial charge in [0, 0.05) is 29.6 Å². The Bertz CT molecular complexity index is 714. The van der Waals surface area contributed by atoms with E-state index in [1.807, 2.05) is 43.3 Å². The molecular formula is C20H23F4NS. The number of likely N-dealkylation sites (N-methyl/N-ethyl adjacent to an activating group) is 1. The molecule has 0 amide bonds. The van der Waals surface area contributed by atoms with E-state index in [1.165, 1.54) is 23.9 Å². The maximum absolute atomic E-state index is 13.8. The zero-order valence-corrected chi connectivity index (χ0v) is 16.0. The minimum absolute atomic E-state index is 0.0110. The molecule has 1 nitrogen and oxygen atoms in total. The van der Waals surface area contributed by atoms with Crippen molar-refractivity contribution in [1.82, 2.24) is 4.90 Å². The lowest BCUT2D eigenvalue weighted by atomic mass is 9.95. The lowest BCUT2D eigenvalue weighted by molar-refractivity contribution is -0.135. The highest BCUT2D eigenvalue weighted by molar-refractivity contribution is 8.02. The van der Waals surface area contributed by atoms with Crippen molar-refractivity contribution < 1.29 is 17.6 Å². The molecule has 0 bridgehead atoms. The second-order valence-electron chi connectivity index (χ2n) is 6.43. The zero-order chi connectivity index (χ0) is 19.5. The van der Waals surface area contributed by atoms with Crippen molar-refractivity contribution in [3.63, 3.8) is 0 Å². The summed E-state index contributed by atoms with van der Waals surface area (Å²) in [7, 11) is 1.84. The van der Waals surface area contributed by atoms with Gasteiger partial charge in [0.15, 0.2) is 0 Å². The summed E-state index contributed by atoms with van der Waals surface area (Å²) in [6.07, 6.45) is 1.04. The van der Waals surface area contributed by atoms with E-state index in [2.05, 4.69) is 6.58 Å². The number of alkyl halides is 3. The van der Waals surface area contributed by atoms with Gasteiger partial charge in [-0.2, -0.15) is 13.2 Å². The molecule has 0 aliphatic carbocycles. The van der Waals surface area contributed by atoms with Crippen LogP contribution >= 0.6 is 11.8 Å². The molecular weight excluding hydrogens is 362 g/mol. The van der Waals surface area contributed by atoms with E-state index in [9.17, 15) is 17.6 Å². The number of aryl methyl sites for hydroxylation is 1. The number of thioether (sulfide) groups is 1. The standard InChI is InChI=1S/C20H23F4NS/c1-13-10-15(12-16(21)11-13)18-8-7-17(14(2)26-4)19(25(18)3)6-5-9-20(22,23)24/h7-8,10-12,18H,2,5-6,9H2,1,3-4H3. The van der Waals surface area contributed by atoms with Crippen molar-refractivity contribution in [2.24, 2.45) is 0 Å². The first-order chi connectivity index (χ1) is 12.1. The first kappa shape index (κ1) is 20.6. The number of rotatable bonds is 6. The van der Waals surface area contributed by atoms with E-state index in [0.29, 0.717) is 6.42 Å². The average molecular weight is 385 g/mol. The van der Waals surface area contributed by atoms with Crippen LogP contribution in [-0.2, 0) is 0 Å². The van der Waals surface area contributed by atoms with Crippen molar-refractivity contribution in [1.29, 1.82) is 0 Å². The van der Waals surface area contributed by atoms with Gasteiger partial charge in [-0.15, -0.1) is 11.8 Å². The summed E-state index contributed by atoms with van der Waals surface area (Å²) >= 11 is 1.47. The highest BCUT2D eigenvalue weighted by Gasteiger charge is 2.29. The van der Waals surface area contributed by atoms with Crippen molar-refractivity contribution in [2.75, 3.05) is 13.3 Å². The molecule has 0 radical (unpaired) electrons. The monoisotopic (exact) mass is 385 g/mol. The highest BCUT2D eigenvalue weighted by Crippen LogP contribution is 2.38. The number of halogens is 4. The molecule has 1 aliphatic heterocycles. The Balaban J connectivity index is 2.32. The summed E-state index contributed by atoms with van der Waals surface area (Å²) in [4.78, 5) is 2.74. The molecule has 26 heavy (non-hydrogen) atoms. The second-order valence-corrected chi connectivity index (χ2v) is 7.33. The molecule has 0 N–H and O–H groups in total. The van der Waals surface area contributed by atoms with Gasteiger partial charge in [-0.25, -0.2) is 4.39 Å². The number of hydrogen-bond donors (Lipinski definition) is 0. The van der Waals surface area contributed by atoms with Crippen LogP contribution in [0.5, 0.6) is 0 Å². The van der Waals surface area contributed by atoms with E-state index < -0.39 is 12.6 Å². The van der Waals surface area contributed by atoms with E-state index >= 15 is 0 Å². The Hall–Kier alpha value is -1.69. The topological polar surface area (TPSA) is 3.24 Å². The summed E-state index contributed by atoms with van der Waals surface area (Å²) in [5, 5.41) is 0. The molecule has 1 aromatic carbocycles. The fourth-order valence-corrected chi connectivity index (χ4v) is 3.58. The van der Waals surface area contributed by atoms with E-state index in [4.69, 9.17) is 0 Å². The number of nitrogens with zero attached hydrogens (tertiary/aromatic N) is 1. The second kappa shape index (κ2) is 8.33. The molecule has 142 valence electrons. The first-order valence-electron chi connectivity index (χ1n) is 8.33. The third-order valence-electron chi connectivity index (χ3n) is 4.43. The van der Waals surface area contributed by atoms with Crippen LogP contribution in [-0.4, -0.2) is 24.4 Å². The Morgan fingerprint density at radius 1 is 1.27 bits per heavy atom. The Labute approximate surface area is 156 Å². The lowest BCUT2D eigenvalue weighted by Gasteiger charge is -2.36. The maximum Gasteiger partial charge on any atom is 0.389 e. The third-order valence-corrected chi connectivity index (χ3v) is 5.14. The lowest BCUT2D eigenvalue weighted by Crippen LogP contribution is -2.27. The fraction of sp³-hybridized carbons (Fsp3) is 0.400. The summed E-state index contributed by atoms with van der Waals surface area (Å²) in [6, 6.07) is 4.61. The predicted octanol–water partition coefficient (Wildman–Crippen LogP) is 6.54. The smallest absolute Gasteiger partial charge is 0.367 e. The molecule has 1 aliphatic rings. The van der Waals surface area contributed by atoms with Crippen molar-refractivity contribution in [3.05, 3.63) is 70.0 Å². The third kappa shape index (κ3) is 5.16. The molecule has 1 unspecified atom stereocenters. The molecule has 1 aromatic rings.